The summed E-state index contributed by atoms with van der Waals surface area (Å²) < 4.78 is 7.73. The van der Waals surface area contributed by atoms with Crippen LogP contribution in [0.2, 0.25) is 10.0 Å². The molecule has 5 nitrogen and oxygen atoms in total. The third-order valence-electron chi connectivity index (χ3n) is 3.48. The highest BCUT2D eigenvalue weighted by molar-refractivity contribution is 9.10. The number of carbonyl (C=O) groups excluding carboxylic acids is 1. The van der Waals surface area contributed by atoms with Gasteiger partial charge in [0.15, 0.2) is 0 Å². The minimum absolute atomic E-state index is 0.0302. The molecule has 0 aliphatic carbocycles. The molecule has 8 heteroatoms. The van der Waals surface area contributed by atoms with Crippen molar-refractivity contribution >= 4 is 56.6 Å². The molecule has 0 atom stereocenters. The van der Waals surface area contributed by atoms with Gasteiger partial charge in [-0.1, -0.05) is 29.3 Å². The van der Waals surface area contributed by atoms with Crippen molar-refractivity contribution < 1.29 is 9.53 Å². The minimum Gasteiger partial charge on any atom is -0.465 e. The lowest BCUT2D eigenvalue weighted by Gasteiger charge is -2.09. The lowest BCUT2D eigenvalue weighted by molar-refractivity contribution is -0.140. The van der Waals surface area contributed by atoms with E-state index in [4.69, 9.17) is 27.9 Å². The lowest BCUT2D eigenvalue weighted by Crippen LogP contribution is -2.17. The average molecular weight is 443 g/mol. The number of halogens is 3. The summed E-state index contributed by atoms with van der Waals surface area (Å²) in [6.45, 7) is 2.13. The fourth-order valence-corrected chi connectivity index (χ4v) is 3.04. The molecule has 130 valence electrons. The average Bonchev–Trinajstić information content (AvgIpc) is 2.93. The van der Waals surface area contributed by atoms with Gasteiger partial charge in [0.05, 0.1) is 16.7 Å². The molecule has 1 aromatic carbocycles. The highest BCUT2D eigenvalue weighted by Crippen LogP contribution is 2.33. The van der Waals surface area contributed by atoms with Gasteiger partial charge in [-0.15, -0.1) is 0 Å². The quantitative estimate of drug-likeness (QED) is 0.562. The number of nitrogens with one attached hydrogen (secondary N) is 1. The van der Waals surface area contributed by atoms with Gasteiger partial charge in [-0.3, -0.25) is 9.20 Å². The number of esters is 1. The number of rotatable bonds is 5. The van der Waals surface area contributed by atoms with E-state index < -0.39 is 0 Å². The second-order valence-corrected chi connectivity index (χ2v) is 6.90. The van der Waals surface area contributed by atoms with Gasteiger partial charge in [0.25, 0.3) is 0 Å². The van der Waals surface area contributed by atoms with Crippen LogP contribution in [0.1, 0.15) is 6.92 Å². The van der Waals surface area contributed by atoms with Gasteiger partial charge in [0, 0.05) is 16.2 Å². The van der Waals surface area contributed by atoms with Crippen LogP contribution >= 0.6 is 39.1 Å². The molecule has 3 aromatic rings. The molecule has 0 fully saturated rings. The van der Waals surface area contributed by atoms with E-state index in [9.17, 15) is 4.79 Å². The monoisotopic (exact) mass is 441 g/mol. The molecule has 2 heterocycles. The first-order chi connectivity index (χ1) is 12.0. The summed E-state index contributed by atoms with van der Waals surface area (Å²) >= 11 is 15.6. The van der Waals surface area contributed by atoms with Crippen molar-refractivity contribution in [2.24, 2.45) is 0 Å². The zero-order valence-corrected chi connectivity index (χ0v) is 16.3. The number of aromatic nitrogens is 2. The standard InChI is InChI=1S/C17H14BrCl2N3O2/c1-2-25-15(24)8-21-17-16(10-3-5-12(19)13(20)7-10)22-14-6-4-11(18)9-23(14)17/h3-7,9,21H,2,8H2,1H3. The zero-order chi connectivity index (χ0) is 18.0. The number of hydrogen-bond donors (Lipinski definition) is 1. The molecule has 0 amide bonds. The fraction of sp³-hybridized carbons (Fsp3) is 0.176. The zero-order valence-electron chi connectivity index (χ0n) is 13.2. The predicted molar refractivity (Wildman–Crippen MR) is 103 cm³/mol. The summed E-state index contributed by atoms with van der Waals surface area (Å²) in [4.78, 5) is 16.4. The molecule has 0 bridgehead atoms. The Morgan fingerprint density at radius 3 is 2.80 bits per heavy atom. The van der Waals surface area contributed by atoms with Crippen LogP contribution in [0.25, 0.3) is 16.9 Å². The molecule has 0 aliphatic rings. The number of carbonyl (C=O) groups is 1. The van der Waals surface area contributed by atoms with Crippen molar-refractivity contribution in [3.63, 3.8) is 0 Å². The second-order valence-electron chi connectivity index (χ2n) is 5.17. The van der Waals surface area contributed by atoms with E-state index in [0.717, 1.165) is 15.7 Å². The van der Waals surface area contributed by atoms with Crippen LogP contribution in [-0.2, 0) is 9.53 Å². The van der Waals surface area contributed by atoms with Crippen LogP contribution in [0.4, 0.5) is 5.82 Å². The third kappa shape index (κ3) is 3.92. The SMILES string of the molecule is CCOC(=O)CNc1c(-c2ccc(Cl)c(Cl)c2)nc2ccc(Br)cn12. The van der Waals surface area contributed by atoms with Crippen molar-refractivity contribution in [2.75, 3.05) is 18.5 Å². The van der Waals surface area contributed by atoms with E-state index in [1.165, 1.54) is 0 Å². The Balaban J connectivity index is 2.08. The van der Waals surface area contributed by atoms with Gasteiger partial charge in [0.2, 0.25) is 0 Å². The molecule has 0 aliphatic heterocycles. The lowest BCUT2D eigenvalue weighted by atomic mass is 10.1. The number of pyridine rings is 1. The van der Waals surface area contributed by atoms with Gasteiger partial charge >= 0.3 is 5.97 Å². The Morgan fingerprint density at radius 2 is 2.08 bits per heavy atom. The van der Waals surface area contributed by atoms with Crippen molar-refractivity contribution in [2.45, 2.75) is 6.92 Å². The van der Waals surface area contributed by atoms with Crippen LogP contribution in [0, 0.1) is 0 Å². The second kappa shape index (κ2) is 7.64. The Hall–Kier alpha value is -1.76. The number of fused-ring (bicyclic) bond motifs is 1. The molecule has 0 unspecified atom stereocenters. The molecular formula is C17H14BrCl2N3O2. The van der Waals surface area contributed by atoms with Gasteiger partial charge in [-0.25, -0.2) is 4.98 Å². The number of nitrogens with zero attached hydrogens (tertiary/aromatic N) is 2. The number of anilines is 1. The molecule has 0 radical (unpaired) electrons. The maximum Gasteiger partial charge on any atom is 0.325 e. The van der Waals surface area contributed by atoms with Crippen molar-refractivity contribution in [3.8, 4) is 11.3 Å². The maximum absolute atomic E-state index is 11.7. The number of benzene rings is 1. The Bertz CT molecular complexity index is 943. The van der Waals surface area contributed by atoms with Crippen LogP contribution in [0.5, 0.6) is 0 Å². The maximum atomic E-state index is 11.7. The van der Waals surface area contributed by atoms with E-state index in [1.54, 1.807) is 19.1 Å². The molecule has 25 heavy (non-hydrogen) atoms. The number of hydrogen-bond acceptors (Lipinski definition) is 4. The van der Waals surface area contributed by atoms with E-state index in [2.05, 4.69) is 26.2 Å². The summed E-state index contributed by atoms with van der Waals surface area (Å²) in [6, 6.07) is 9.07. The minimum atomic E-state index is -0.340. The summed E-state index contributed by atoms with van der Waals surface area (Å²) in [5.74, 6) is 0.329. The topological polar surface area (TPSA) is 55.6 Å². The predicted octanol–water partition coefficient (Wildman–Crippen LogP) is 5.05. The third-order valence-corrected chi connectivity index (χ3v) is 4.69. The summed E-state index contributed by atoms with van der Waals surface area (Å²) in [5, 5.41) is 4.02. The van der Waals surface area contributed by atoms with Crippen LogP contribution in [0.3, 0.4) is 0 Å². The molecule has 0 saturated carbocycles. The summed E-state index contributed by atoms with van der Waals surface area (Å²) in [6.07, 6.45) is 1.87. The highest BCUT2D eigenvalue weighted by Gasteiger charge is 2.16. The van der Waals surface area contributed by atoms with Crippen LogP contribution in [0.15, 0.2) is 41.0 Å². The normalized spacial score (nSPS) is 10.9. The van der Waals surface area contributed by atoms with Crippen LogP contribution in [-0.4, -0.2) is 28.5 Å². The van der Waals surface area contributed by atoms with E-state index in [-0.39, 0.29) is 12.5 Å². The first-order valence-corrected chi connectivity index (χ1v) is 9.07. The van der Waals surface area contributed by atoms with E-state index >= 15 is 0 Å². The van der Waals surface area contributed by atoms with Gasteiger partial charge in [-0.2, -0.15) is 0 Å². The molecule has 0 spiro atoms. The van der Waals surface area contributed by atoms with E-state index in [1.807, 2.05) is 28.8 Å². The summed E-state index contributed by atoms with van der Waals surface area (Å²) in [7, 11) is 0. The highest BCUT2D eigenvalue weighted by atomic mass is 79.9. The van der Waals surface area contributed by atoms with Crippen molar-refractivity contribution in [1.29, 1.82) is 0 Å². The largest absolute Gasteiger partial charge is 0.465 e. The first kappa shape index (κ1) is 18.0. The smallest absolute Gasteiger partial charge is 0.325 e. The molecule has 0 saturated heterocycles. The molecule has 1 N–H and O–H groups in total. The Morgan fingerprint density at radius 1 is 1.28 bits per heavy atom. The molecule has 2 aromatic heterocycles. The molecular weight excluding hydrogens is 429 g/mol. The van der Waals surface area contributed by atoms with E-state index in [0.29, 0.717) is 28.2 Å². The molecule has 3 rings (SSSR count). The van der Waals surface area contributed by atoms with Crippen molar-refractivity contribution in [1.82, 2.24) is 9.38 Å². The number of imidazole rings is 1. The van der Waals surface area contributed by atoms with Gasteiger partial charge < -0.3 is 10.1 Å². The fourth-order valence-electron chi connectivity index (χ4n) is 2.40. The van der Waals surface area contributed by atoms with Gasteiger partial charge in [0.1, 0.15) is 23.7 Å². The van der Waals surface area contributed by atoms with Crippen LogP contribution < -0.4 is 5.32 Å². The summed E-state index contributed by atoms with van der Waals surface area (Å²) in [5.41, 5.74) is 2.19. The first-order valence-electron chi connectivity index (χ1n) is 7.52. The van der Waals surface area contributed by atoms with Crippen molar-refractivity contribution in [3.05, 3.63) is 51.0 Å². The Labute approximate surface area is 163 Å². The number of ether oxygens (including phenoxy) is 1. The Kier molecular flexibility index (Phi) is 5.51. The van der Waals surface area contributed by atoms with Gasteiger partial charge in [-0.05, 0) is 47.1 Å².